The van der Waals surface area contributed by atoms with E-state index in [1.54, 1.807) is 6.07 Å². The van der Waals surface area contributed by atoms with Crippen molar-refractivity contribution in [1.29, 1.82) is 5.26 Å². The number of hydrogen-bond acceptors (Lipinski definition) is 3. The first-order chi connectivity index (χ1) is 6.51. The molecule has 0 aromatic heterocycles. The summed E-state index contributed by atoms with van der Waals surface area (Å²) < 4.78 is 18.2. The van der Waals surface area contributed by atoms with Crippen molar-refractivity contribution in [3.63, 3.8) is 0 Å². The average molecular weight is 194 g/mol. The minimum Gasteiger partial charge on any atom is -0.497 e. The van der Waals surface area contributed by atoms with Crippen molar-refractivity contribution in [3.8, 4) is 11.8 Å². The van der Waals surface area contributed by atoms with Gasteiger partial charge >= 0.3 is 0 Å². The van der Waals surface area contributed by atoms with Gasteiger partial charge in [-0.05, 0) is 19.1 Å². The molecule has 0 bridgehead atoms. The lowest BCUT2D eigenvalue weighted by molar-refractivity contribution is 0.409. The van der Waals surface area contributed by atoms with Crippen molar-refractivity contribution in [3.05, 3.63) is 29.6 Å². The minimum atomic E-state index is -1.31. The van der Waals surface area contributed by atoms with E-state index in [0.717, 1.165) is 0 Å². The third kappa shape index (κ3) is 1.83. The third-order valence-corrected chi connectivity index (χ3v) is 1.97. The minimum absolute atomic E-state index is 0.167. The van der Waals surface area contributed by atoms with E-state index < -0.39 is 11.4 Å². The summed E-state index contributed by atoms with van der Waals surface area (Å²) in [6.07, 6.45) is 0. The summed E-state index contributed by atoms with van der Waals surface area (Å²) in [5, 5.41) is 8.73. The molecule has 1 aromatic rings. The van der Waals surface area contributed by atoms with Crippen LogP contribution in [-0.4, -0.2) is 7.11 Å². The molecule has 0 aliphatic rings. The van der Waals surface area contributed by atoms with E-state index in [4.69, 9.17) is 15.7 Å². The fraction of sp³-hybridized carbons (Fsp3) is 0.300. The molecule has 0 amide bonds. The van der Waals surface area contributed by atoms with E-state index >= 15 is 0 Å². The Labute approximate surface area is 81.9 Å². The van der Waals surface area contributed by atoms with Crippen molar-refractivity contribution in [2.24, 2.45) is 5.73 Å². The lowest BCUT2D eigenvalue weighted by Crippen LogP contribution is -2.31. The number of nitrogens with two attached hydrogens (primary N) is 1. The standard InChI is InChI=1S/C10H11FN2O/c1-10(13,6-12)8-4-3-7(14-2)5-9(8)11/h3-5H,13H2,1-2H3/t10-/m0/s1. The summed E-state index contributed by atoms with van der Waals surface area (Å²) in [7, 11) is 1.44. The van der Waals surface area contributed by atoms with Crippen LogP contribution in [0.1, 0.15) is 12.5 Å². The summed E-state index contributed by atoms with van der Waals surface area (Å²) >= 11 is 0. The zero-order valence-corrected chi connectivity index (χ0v) is 8.04. The van der Waals surface area contributed by atoms with Crippen LogP contribution in [0.15, 0.2) is 18.2 Å². The summed E-state index contributed by atoms with van der Waals surface area (Å²) in [4.78, 5) is 0. The second kappa shape index (κ2) is 3.64. The fourth-order valence-corrected chi connectivity index (χ4v) is 1.10. The maximum Gasteiger partial charge on any atom is 0.133 e. The summed E-state index contributed by atoms with van der Waals surface area (Å²) in [5.74, 6) is -0.129. The zero-order chi connectivity index (χ0) is 10.8. The molecule has 0 saturated heterocycles. The van der Waals surface area contributed by atoms with Gasteiger partial charge in [-0.15, -0.1) is 0 Å². The molecule has 4 heteroatoms. The van der Waals surface area contributed by atoms with E-state index in [1.807, 2.05) is 6.07 Å². The Kier molecular flexibility index (Phi) is 2.73. The van der Waals surface area contributed by atoms with Gasteiger partial charge in [-0.1, -0.05) is 0 Å². The highest BCUT2D eigenvalue weighted by molar-refractivity contribution is 5.36. The van der Waals surface area contributed by atoms with Gasteiger partial charge in [0, 0.05) is 11.6 Å². The Morgan fingerprint density at radius 1 is 1.57 bits per heavy atom. The van der Waals surface area contributed by atoms with Crippen LogP contribution >= 0.6 is 0 Å². The first-order valence-corrected chi connectivity index (χ1v) is 4.05. The Morgan fingerprint density at radius 2 is 2.21 bits per heavy atom. The molecule has 0 fully saturated rings. The highest BCUT2D eigenvalue weighted by Crippen LogP contribution is 2.23. The molecule has 0 aliphatic heterocycles. The highest BCUT2D eigenvalue weighted by atomic mass is 19.1. The van der Waals surface area contributed by atoms with Crippen molar-refractivity contribution in [2.75, 3.05) is 7.11 Å². The van der Waals surface area contributed by atoms with Crippen molar-refractivity contribution in [1.82, 2.24) is 0 Å². The first kappa shape index (κ1) is 10.5. The molecule has 0 aliphatic carbocycles. The van der Waals surface area contributed by atoms with Crippen molar-refractivity contribution in [2.45, 2.75) is 12.5 Å². The summed E-state index contributed by atoms with van der Waals surface area (Å²) in [5.41, 5.74) is 4.45. The maximum absolute atomic E-state index is 13.4. The predicted octanol–water partition coefficient (Wildman–Crippen LogP) is 1.53. The Bertz CT molecular complexity index is 382. The molecule has 1 atom stereocenters. The van der Waals surface area contributed by atoms with Gasteiger partial charge in [0.2, 0.25) is 0 Å². The Morgan fingerprint density at radius 3 is 2.64 bits per heavy atom. The number of hydrogen-bond donors (Lipinski definition) is 1. The molecule has 2 N–H and O–H groups in total. The number of halogens is 1. The monoisotopic (exact) mass is 194 g/mol. The van der Waals surface area contributed by atoms with Crippen LogP contribution in [0.2, 0.25) is 0 Å². The molecule has 0 saturated carbocycles. The van der Waals surface area contributed by atoms with Crippen LogP contribution in [0.4, 0.5) is 4.39 Å². The molecule has 3 nitrogen and oxygen atoms in total. The molecule has 14 heavy (non-hydrogen) atoms. The van der Waals surface area contributed by atoms with Crippen molar-refractivity contribution >= 4 is 0 Å². The Hall–Kier alpha value is -1.60. The van der Waals surface area contributed by atoms with Crippen molar-refractivity contribution < 1.29 is 9.13 Å². The van der Waals surface area contributed by atoms with Gasteiger partial charge < -0.3 is 10.5 Å². The quantitative estimate of drug-likeness (QED) is 0.776. The van der Waals surface area contributed by atoms with E-state index in [9.17, 15) is 4.39 Å². The molecular formula is C10H11FN2O. The van der Waals surface area contributed by atoms with Gasteiger partial charge in [-0.25, -0.2) is 4.39 Å². The smallest absolute Gasteiger partial charge is 0.133 e. The maximum atomic E-state index is 13.4. The van der Waals surface area contributed by atoms with Crippen LogP contribution in [-0.2, 0) is 5.54 Å². The lowest BCUT2D eigenvalue weighted by atomic mass is 9.94. The van der Waals surface area contributed by atoms with Crippen LogP contribution in [0.25, 0.3) is 0 Å². The first-order valence-electron chi connectivity index (χ1n) is 4.05. The normalized spacial score (nSPS) is 14.2. The van der Waals surface area contributed by atoms with Gasteiger partial charge in [0.15, 0.2) is 0 Å². The zero-order valence-electron chi connectivity index (χ0n) is 8.04. The van der Waals surface area contributed by atoms with Crippen LogP contribution in [0.3, 0.4) is 0 Å². The number of rotatable bonds is 2. The molecule has 1 rings (SSSR count). The van der Waals surface area contributed by atoms with Gasteiger partial charge in [-0.2, -0.15) is 5.26 Å². The molecular weight excluding hydrogens is 183 g/mol. The topological polar surface area (TPSA) is 59.0 Å². The average Bonchev–Trinajstić information content (AvgIpc) is 2.17. The molecule has 0 radical (unpaired) electrons. The van der Waals surface area contributed by atoms with Gasteiger partial charge in [0.05, 0.1) is 13.2 Å². The van der Waals surface area contributed by atoms with E-state index in [1.165, 1.54) is 26.2 Å². The van der Waals surface area contributed by atoms with E-state index in [-0.39, 0.29) is 5.56 Å². The van der Waals surface area contributed by atoms with Gasteiger partial charge in [0.25, 0.3) is 0 Å². The highest BCUT2D eigenvalue weighted by Gasteiger charge is 2.24. The summed E-state index contributed by atoms with van der Waals surface area (Å²) in [6.45, 7) is 1.46. The second-order valence-electron chi connectivity index (χ2n) is 3.16. The Balaban J connectivity index is 3.20. The molecule has 1 aromatic carbocycles. The van der Waals surface area contributed by atoms with E-state index in [0.29, 0.717) is 5.75 Å². The SMILES string of the molecule is COc1ccc([C@@](C)(N)C#N)c(F)c1. The number of ether oxygens (including phenoxy) is 1. The van der Waals surface area contributed by atoms with E-state index in [2.05, 4.69) is 0 Å². The molecule has 0 spiro atoms. The van der Waals surface area contributed by atoms with Crippen LogP contribution in [0.5, 0.6) is 5.75 Å². The summed E-state index contributed by atoms with van der Waals surface area (Å²) in [6, 6.07) is 6.07. The fourth-order valence-electron chi connectivity index (χ4n) is 1.10. The number of methoxy groups -OCH3 is 1. The predicted molar refractivity (Wildman–Crippen MR) is 50.1 cm³/mol. The second-order valence-corrected chi connectivity index (χ2v) is 3.16. The van der Waals surface area contributed by atoms with Gasteiger partial charge in [-0.3, -0.25) is 0 Å². The third-order valence-electron chi connectivity index (χ3n) is 1.97. The van der Waals surface area contributed by atoms with Crippen LogP contribution < -0.4 is 10.5 Å². The molecule has 0 unspecified atom stereocenters. The number of benzene rings is 1. The largest absolute Gasteiger partial charge is 0.497 e. The lowest BCUT2D eigenvalue weighted by Gasteiger charge is -2.16. The molecule has 0 heterocycles. The van der Waals surface area contributed by atoms with Crippen LogP contribution in [0, 0.1) is 17.1 Å². The van der Waals surface area contributed by atoms with Gasteiger partial charge in [0.1, 0.15) is 17.1 Å². The number of nitriles is 1. The molecule has 74 valence electrons. The number of nitrogens with zero attached hydrogens (tertiary/aromatic N) is 1.